The Morgan fingerprint density at radius 2 is 1.14 bits per heavy atom. The van der Waals surface area contributed by atoms with Crippen LogP contribution in [0.5, 0.6) is 11.5 Å². The third-order valence-electron chi connectivity index (χ3n) is 3.76. The molecule has 0 saturated carbocycles. The van der Waals surface area contributed by atoms with E-state index >= 15 is 0 Å². The van der Waals surface area contributed by atoms with Gasteiger partial charge in [-0.05, 0) is 24.3 Å². The van der Waals surface area contributed by atoms with E-state index in [1.165, 1.54) is 11.8 Å². The van der Waals surface area contributed by atoms with E-state index in [4.69, 9.17) is 14.2 Å². The Kier molecular flexibility index (Phi) is 7.57. The van der Waals surface area contributed by atoms with E-state index in [1.807, 2.05) is 24.3 Å². The van der Waals surface area contributed by atoms with Crippen LogP contribution in [0.4, 0.5) is 11.4 Å². The third-order valence-corrected chi connectivity index (χ3v) is 4.69. The lowest BCUT2D eigenvalue weighted by Crippen LogP contribution is -2.20. The molecule has 1 aliphatic rings. The molecule has 1 aliphatic heterocycles. The number of carbonyl (C=O) groups excluding carboxylic acids is 2. The van der Waals surface area contributed by atoms with Crippen LogP contribution in [0.25, 0.3) is 0 Å². The van der Waals surface area contributed by atoms with Gasteiger partial charge in [-0.2, -0.15) is 0 Å². The van der Waals surface area contributed by atoms with E-state index < -0.39 is 0 Å². The van der Waals surface area contributed by atoms with Crippen molar-refractivity contribution >= 4 is 35.0 Å². The van der Waals surface area contributed by atoms with Crippen LogP contribution in [0.2, 0.25) is 0 Å². The number of nitrogens with one attached hydrogen (secondary N) is 2. The molecule has 2 N–H and O–H groups in total. The van der Waals surface area contributed by atoms with Gasteiger partial charge in [-0.25, -0.2) is 0 Å². The van der Waals surface area contributed by atoms with Crippen LogP contribution in [-0.4, -0.2) is 49.7 Å². The van der Waals surface area contributed by atoms with E-state index in [2.05, 4.69) is 10.6 Å². The van der Waals surface area contributed by atoms with Gasteiger partial charge in [-0.1, -0.05) is 24.3 Å². The Hall–Kier alpha value is -2.71. The van der Waals surface area contributed by atoms with Crippen molar-refractivity contribution in [2.24, 2.45) is 0 Å². The highest BCUT2D eigenvalue weighted by Crippen LogP contribution is 2.25. The molecule has 0 atom stereocenters. The lowest BCUT2D eigenvalue weighted by molar-refractivity contribution is -0.114. The SMILES string of the molecule is O=C1CSCC(=O)Nc2ccccc2OCCOCCOc2ccccc2N1. The lowest BCUT2D eigenvalue weighted by atomic mass is 10.3. The summed E-state index contributed by atoms with van der Waals surface area (Å²) < 4.78 is 16.9. The Morgan fingerprint density at radius 1 is 0.679 bits per heavy atom. The quantitative estimate of drug-likeness (QED) is 0.705. The van der Waals surface area contributed by atoms with E-state index in [0.29, 0.717) is 49.3 Å². The number of hydrogen-bond donors (Lipinski definition) is 2. The average Bonchev–Trinajstić information content (AvgIpc) is 2.69. The van der Waals surface area contributed by atoms with Gasteiger partial charge in [-0.15, -0.1) is 11.8 Å². The molecule has 2 aromatic carbocycles. The summed E-state index contributed by atoms with van der Waals surface area (Å²) in [6.07, 6.45) is 0. The van der Waals surface area contributed by atoms with Crippen LogP contribution < -0.4 is 20.1 Å². The van der Waals surface area contributed by atoms with Crippen molar-refractivity contribution in [3.63, 3.8) is 0 Å². The smallest absolute Gasteiger partial charge is 0.234 e. The second-order valence-electron chi connectivity index (χ2n) is 5.89. The molecule has 0 aromatic heterocycles. The van der Waals surface area contributed by atoms with Crippen LogP contribution in [0.1, 0.15) is 0 Å². The summed E-state index contributed by atoms with van der Waals surface area (Å²) in [6, 6.07) is 14.4. The highest BCUT2D eigenvalue weighted by Gasteiger charge is 2.11. The predicted molar refractivity (Wildman–Crippen MR) is 109 cm³/mol. The second-order valence-corrected chi connectivity index (χ2v) is 6.88. The molecule has 8 heteroatoms. The fourth-order valence-electron chi connectivity index (χ4n) is 2.52. The van der Waals surface area contributed by atoms with Crippen molar-refractivity contribution in [3.8, 4) is 11.5 Å². The zero-order chi connectivity index (χ0) is 19.6. The Bertz CT molecular complexity index is 749. The number of hydrogen-bond acceptors (Lipinski definition) is 6. The number of benzene rings is 2. The number of para-hydroxylation sites is 4. The number of carbonyl (C=O) groups is 2. The molecule has 2 amide bonds. The number of rotatable bonds is 0. The Balaban J connectivity index is 1.66. The summed E-state index contributed by atoms with van der Waals surface area (Å²) in [7, 11) is 0. The Labute approximate surface area is 167 Å². The Morgan fingerprint density at radius 3 is 1.64 bits per heavy atom. The molecule has 0 bridgehead atoms. The van der Waals surface area contributed by atoms with Crippen LogP contribution in [0.15, 0.2) is 48.5 Å². The zero-order valence-corrected chi connectivity index (χ0v) is 16.1. The summed E-state index contributed by atoms with van der Waals surface area (Å²) in [5, 5.41) is 5.64. The van der Waals surface area contributed by atoms with Gasteiger partial charge in [0, 0.05) is 0 Å². The van der Waals surface area contributed by atoms with Crippen LogP contribution in [-0.2, 0) is 14.3 Å². The molecular formula is C20H22N2O5S. The first kappa shape index (κ1) is 20.0. The molecule has 0 spiro atoms. The van der Waals surface area contributed by atoms with Crippen molar-refractivity contribution in [2.75, 3.05) is 48.6 Å². The summed E-state index contributed by atoms with van der Waals surface area (Å²) >= 11 is 1.24. The normalized spacial score (nSPS) is 16.7. The average molecular weight is 402 g/mol. The second kappa shape index (κ2) is 10.6. The first-order chi connectivity index (χ1) is 13.7. The largest absolute Gasteiger partial charge is 0.489 e. The van der Waals surface area contributed by atoms with Crippen molar-refractivity contribution in [2.45, 2.75) is 0 Å². The van der Waals surface area contributed by atoms with Crippen LogP contribution in [0, 0.1) is 0 Å². The maximum atomic E-state index is 12.2. The summed E-state index contributed by atoms with van der Waals surface area (Å²) in [4.78, 5) is 24.4. The minimum Gasteiger partial charge on any atom is -0.489 e. The minimum absolute atomic E-state index is 0.156. The predicted octanol–water partition coefficient (Wildman–Crippen LogP) is 2.78. The van der Waals surface area contributed by atoms with Crippen molar-refractivity contribution < 1.29 is 23.8 Å². The van der Waals surface area contributed by atoms with Gasteiger partial charge in [0.15, 0.2) is 0 Å². The molecular weight excluding hydrogens is 380 g/mol. The van der Waals surface area contributed by atoms with Crippen molar-refractivity contribution in [1.82, 2.24) is 0 Å². The van der Waals surface area contributed by atoms with Gasteiger partial charge >= 0.3 is 0 Å². The molecule has 7 nitrogen and oxygen atoms in total. The van der Waals surface area contributed by atoms with E-state index in [-0.39, 0.29) is 23.3 Å². The van der Waals surface area contributed by atoms with Gasteiger partial charge in [0.2, 0.25) is 11.8 Å². The summed E-state index contributed by atoms with van der Waals surface area (Å²) in [6.45, 7) is 1.49. The van der Waals surface area contributed by atoms with Crippen molar-refractivity contribution in [3.05, 3.63) is 48.5 Å². The zero-order valence-electron chi connectivity index (χ0n) is 15.3. The summed E-state index contributed by atoms with van der Waals surface area (Å²) in [5.74, 6) is 1.07. The van der Waals surface area contributed by atoms with Crippen LogP contribution >= 0.6 is 11.8 Å². The van der Waals surface area contributed by atoms with Gasteiger partial charge in [0.05, 0.1) is 36.1 Å². The van der Waals surface area contributed by atoms with E-state index in [9.17, 15) is 9.59 Å². The first-order valence-electron chi connectivity index (χ1n) is 8.91. The highest BCUT2D eigenvalue weighted by atomic mass is 32.2. The molecule has 0 saturated heterocycles. The molecule has 0 unspecified atom stereocenters. The summed E-state index contributed by atoms with van der Waals surface area (Å²) in [5.41, 5.74) is 1.19. The van der Waals surface area contributed by atoms with E-state index in [0.717, 1.165) is 0 Å². The van der Waals surface area contributed by atoms with E-state index in [1.54, 1.807) is 24.3 Å². The van der Waals surface area contributed by atoms with Gasteiger partial charge in [-0.3, -0.25) is 9.59 Å². The molecule has 0 aliphatic carbocycles. The fourth-order valence-corrected chi connectivity index (χ4v) is 3.14. The maximum absolute atomic E-state index is 12.2. The fraction of sp³-hybridized carbons (Fsp3) is 0.300. The maximum Gasteiger partial charge on any atom is 0.234 e. The first-order valence-corrected chi connectivity index (χ1v) is 10.1. The monoisotopic (exact) mass is 402 g/mol. The molecule has 148 valence electrons. The number of amides is 2. The topological polar surface area (TPSA) is 85.9 Å². The third kappa shape index (κ3) is 6.17. The standard InChI is InChI=1S/C20H22N2O5S/c23-19-13-28-14-20(24)22-16-6-2-4-8-18(16)27-12-10-25-9-11-26-17-7-3-1-5-15(17)21-19/h1-8H,9-14H2,(H,21,23)(H,22,24). The van der Waals surface area contributed by atoms with Crippen LogP contribution in [0.3, 0.4) is 0 Å². The molecule has 1 heterocycles. The molecule has 28 heavy (non-hydrogen) atoms. The molecule has 2 aromatic rings. The van der Waals surface area contributed by atoms with Gasteiger partial charge in [0.1, 0.15) is 24.7 Å². The number of thioether (sulfide) groups is 1. The highest BCUT2D eigenvalue weighted by molar-refractivity contribution is 8.00. The minimum atomic E-state index is -0.199. The molecule has 0 fully saturated rings. The molecule has 0 radical (unpaired) electrons. The number of anilines is 2. The van der Waals surface area contributed by atoms with Gasteiger partial charge in [0.25, 0.3) is 0 Å². The molecule has 3 rings (SSSR count). The number of fused-ring (bicyclic) bond motifs is 2. The number of ether oxygens (including phenoxy) is 3. The van der Waals surface area contributed by atoms with Gasteiger partial charge < -0.3 is 24.8 Å². The lowest BCUT2D eigenvalue weighted by Gasteiger charge is -2.14. The van der Waals surface area contributed by atoms with Crippen molar-refractivity contribution in [1.29, 1.82) is 0 Å².